The number of carbonyl (C=O) groups excluding carboxylic acids is 1. The highest BCUT2D eigenvalue weighted by atomic mass is 16.5. The zero-order valence-corrected chi connectivity index (χ0v) is 12.4. The predicted molar refractivity (Wildman–Crippen MR) is 77.7 cm³/mol. The Balaban J connectivity index is 1.96. The lowest BCUT2D eigenvalue weighted by Crippen LogP contribution is -2.51. The lowest BCUT2D eigenvalue weighted by Gasteiger charge is -2.37. The quantitative estimate of drug-likeness (QED) is 0.921. The normalized spacial score (nSPS) is 24.3. The molecule has 0 aliphatic carbocycles. The minimum atomic E-state index is -0.780. The van der Waals surface area contributed by atoms with Crippen LogP contribution < -0.4 is 4.74 Å². The van der Waals surface area contributed by atoms with E-state index in [0.29, 0.717) is 18.8 Å². The van der Waals surface area contributed by atoms with Gasteiger partial charge in [0.2, 0.25) is 0 Å². The fourth-order valence-corrected chi connectivity index (χ4v) is 2.54. The minimum absolute atomic E-state index is 0.0643. The standard InChI is InChI=1S/C16H23NO3/c1-12-5-7-14(8-6-12)20-13(2)15(18)17-10-4-9-16(3,19)11-17/h5-8,13,19H,4,9-11H2,1-3H3. The summed E-state index contributed by atoms with van der Waals surface area (Å²) in [5.41, 5.74) is 0.376. The van der Waals surface area contributed by atoms with Crippen molar-refractivity contribution < 1.29 is 14.6 Å². The summed E-state index contributed by atoms with van der Waals surface area (Å²) >= 11 is 0. The Morgan fingerprint density at radius 2 is 2.05 bits per heavy atom. The van der Waals surface area contributed by atoms with Crippen molar-refractivity contribution in [1.82, 2.24) is 4.90 Å². The van der Waals surface area contributed by atoms with Crippen molar-refractivity contribution in [2.75, 3.05) is 13.1 Å². The number of aliphatic hydroxyl groups is 1. The minimum Gasteiger partial charge on any atom is -0.481 e. The van der Waals surface area contributed by atoms with Gasteiger partial charge in [0.05, 0.1) is 5.60 Å². The second kappa shape index (κ2) is 5.83. The lowest BCUT2D eigenvalue weighted by atomic mass is 9.95. The van der Waals surface area contributed by atoms with E-state index in [1.807, 2.05) is 31.2 Å². The summed E-state index contributed by atoms with van der Waals surface area (Å²) < 4.78 is 5.68. The third-order valence-electron chi connectivity index (χ3n) is 3.67. The molecular formula is C16H23NO3. The second-order valence-corrected chi connectivity index (χ2v) is 5.93. The van der Waals surface area contributed by atoms with Crippen LogP contribution in [0.15, 0.2) is 24.3 Å². The predicted octanol–water partition coefficient (Wildman–Crippen LogP) is 2.14. The van der Waals surface area contributed by atoms with Gasteiger partial charge in [-0.2, -0.15) is 0 Å². The Bertz CT molecular complexity index is 467. The van der Waals surface area contributed by atoms with E-state index in [1.54, 1.807) is 18.7 Å². The molecule has 2 rings (SSSR count). The van der Waals surface area contributed by atoms with Crippen molar-refractivity contribution in [3.05, 3.63) is 29.8 Å². The fraction of sp³-hybridized carbons (Fsp3) is 0.562. The van der Waals surface area contributed by atoms with Crippen LogP contribution >= 0.6 is 0 Å². The molecule has 0 aromatic heterocycles. The number of amides is 1. The summed E-state index contributed by atoms with van der Waals surface area (Å²) in [6.07, 6.45) is 1.03. The molecular weight excluding hydrogens is 254 g/mol. The van der Waals surface area contributed by atoms with E-state index >= 15 is 0 Å². The van der Waals surface area contributed by atoms with Crippen LogP contribution in [0.4, 0.5) is 0 Å². The first-order valence-corrected chi connectivity index (χ1v) is 7.12. The zero-order chi connectivity index (χ0) is 14.8. The summed E-state index contributed by atoms with van der Waals surface area (Å²) in [5, 5.41) is 10.1. The van der Waals surface area contributed by atoms with E-state index in [-0.39, 0.29) is 5.91 Å². The fourth-order valence-electron chi connectivity index (χ4n) is 2.54. The van der Waals surface area contributed by atoms with Crippen molar-refractivity contribution in [1.29, 1.82) is 0 Å². The Hall–Kier alpha value is -1.55. The van der Waals surface area contributed by atoms with Crippen molar-refractivity contribution >= 4 is 5.91 Å². The number of ether oxygens (including phenoxy) is 1. The van der Waals surface area contributed by atoms with Gasteiger partial charge in [0.1, 0.15) is 5.75 Å². The van der Waals surface area contributed by atoms with Gasteiger partial charge in [-0.25, -0.2) is 0 Å². The van der Waals surface area contributed by atoms with Gasteiger partial charge in [0.15, 0.2) is 6.10 Å². The molecule has 2 unspecified atom stereocenters. The van der Waals surface area contributed by atoms with Gasteiger partial charge in [-0.15, -0.1) is 0 Å². The maximum atomic E-state index is 12.3. The monoisotopic (exact) mass is 277 g/mol. The first-order chi connectivity index (χ1) is 9.37. The molecule has 0 saturated carbocycles. The Kier molecular flexibility index (Phi) is 4.33. The molecule has 1 aliphatic rings. The van der Waals surface area contributed by atoms with Crippen LogP contribution in [-0.2, 0) is 4.79 Å². The summed E-state index contributed by atoms with van der Waals surface area (Å²) in [4.78, 5) is 14.0. The molecule has 1 aromatic carbocycles. The molecule has 1 saturated heterocycles. The maximum absolute atomic E-state index is 12.3. The van der Waals surface area contributed by atoms with Gasteiger partial charge in [-0.3, -0.25) is 4.79 Å². The van der Waals surface area contributed by atoms with E-state index in [1.165, 1.54) is 0 Å². The molecule has 0 bridgehead atoms. The summed E-state index contributed by atoms with van der Waals surface area (Å²) in [5.74, 6) is 0.630. The van der Waals surface area contributed by atoms with Crippen molar-refractivity contribution in [2.45, 2.75) is 45.3 Å². The third kappa shape index (κ3) is 3.73. The van der Waals surface area contributed by atoms with Crippen molar-refractivity contribution in [2.24, 2.45) is 0 Å². The number of carbonyl (C=O) groups is 1. The number of piperidine rings is 1. The number of rotatable bonds is 3. The topological polar surface area (TPSA) is 49.8 Å². The molecule has 1 fully saturated rings. The number of likely N-dealkylation sites (tertiary alicyclic amines) is 1. The molecule has 1 aliphatic heterocycles. The van der Waals surface area contributed by atoms with Crippen LogP contribution in [0.25, 0.3) is 0 Å². The molecule has 1 amide bonds. The summed E-state index contributed by atoms with van der Waals surface area (Å²) in [7, 11) is 0. The number of aryl methyl sites for hydroxylation is 1. The van der Waals surface area contributed by atoms with E-state index in [4.69, 9.17) is 4.74 Å². The molecule has 2 atom stereocenters. The highest BCUT2D eigenvalue weighted by Crippen LogP contribution is 2.22. The molecule has 110 valence electrons. The van der Waals surface area contributed by atoms with Crippen LogP contribution in [0, 0.1) is 6.92 Å². The highest BCUT2D eigenvalue weighted by molar-refractivity contribution is 5.81. The average molecular weight is 277 g/mol. The number of nitrogens with zero attached hydrogens (tertiary/aromatic N) is 1. The number of hydrogen-bond acceptors (Lipinski definition) is 3. The largest absolute Gasteiger partial charge is 0.481 e. The number of benzene rings is 1. The summed E-state index contributed by atoms with van der Waals surface area (Å²) in [6.45, 7) is 6.61. The average Bonchev–Trinajstić information content (AvgIpc) is 2.39. The molecule has 0 radical (unpaired) electrons. The molecule has 0 spiro atoms. The van der Waals surface area contributed by atoms with Gasteiger partial charge < -0.3 is 14.7 Å². The van der Waals surface area contributed by atoms with E-state index in [0.717, 1.165) is 18.4 Å². The van der Waals surface area contributed by atoms with E-state index < -0.39 is 11.7 Å². The van der Waals surface area contributed by atoms with Gasteiger partial charge in [-0.05, 0) is 45.7 Å². The van der Waals surface area contributed by atoms with Gasteiger partial charge in [0.25, 0.3) is 5.91 Å². The maximum Gasteiger partial charge on any atom is 0.263 e. The smallest absolute Gasteiger partial charge is 0.263 e. The van der Waals surface area contributed by atoms with Crippen molar-refractivity contribution in [3.8, 4) is 5.75 Å². The number of β-amino-alcohol motifs (C(OH)–C–C–N with tert-alkyl or cyclic N) is 1. The number of hydrogen-bond donors (Lipinski definition) is 1. The summed E-state index contributed by atoms with van der Waals surface area (Å²) in [6, 6.07) is 7.65. The van der Waals surface area contributed by atoms with E-state index in [2.05, 4.69) is 0 Å². The molecule has 1 heterocycles. The molecule has 1 aromatic rings. The van der Waals surface area contributed by atoms with Crippen LogP contribution in [0.2, 0.25) is 0 Å². The second-order valence-electron chi connectivity index (χ2n) is 5.93. The Labute approximate surface area is 120 Å². The van der Waals surface area contributed by atoms with Crippen LogP contribution in [0.3, 0.4) is 0 Å². The molecule has 4 heteroatoms. The van der Waals surface area contributed by atoms with Gasteiger partial charge >= 0.3 is 0 Å². The van der Waals surface area contributed by atoms with Crippen molar-refractivity contribution in [3.63, 3.8) is 0 Å². The zero-order valence-electron chi connectivity index (χ0n) is 12.4. The van der Waals surface area contributed by atoms with E-state index in [9.17, 15) is 9.90 Å². The lowest BCUT2D eigenvalue weighted by molar-refractivity contribution is -0.144. The van der Waals surface area contributed by atoms with Crippen LogP contribution in [-0.4, -0.2) is 40.7 Å². The van der Waals surface area contributed by atoms with Gasteiger partial charge in [-0.1, -0.05) is 17.7 Å². The third-order valence-corrected chi connectivity index (χ3v) is 3.67. The first-order valence-electron chi connectivity index (χ1n) is 7.12. The molecule has 1 N–H and O–H groups in total. The first kappa shape index (κ1) is 14.9. The Morgan fingerprint density at radius 3 is 2.65 bits per heavy atom. The van der Waals surface area contributed by atoms with Gasteiger partial charge in [0, 0.05) is 13.1 Å². The van der Waals surface area contributed by atoms with Crippen LogP contribution in [0.5, 0.6) is 5.75 Å². The molecule has 20 heavy (non-hydrogen) atoms. The SMILES string of the molecule is Cc1ccc(OC(C)C(=O)N2CCCC(C)(O)C2)cc1. The Morgan fingerprint density at radius 1 is 1.40 bits per heavy atom. The van der Waals surface area contributed by atoms with Crippen LogP contribution in [0.1, 0.15) is 32.3 Å². The highest BCUT2D eigenvalue weighted by Gasteiger charge is 2.33. The molecule has 4 nitrogen and oxygen atoms in total.